The molecule has 8 nitrogen and oxygen atoms in total. The summed E-state index contributed by atoms with van der Waals surface area (Å²) < 4.78 is 11.1. The van der Waals surface area contributed by atoms with Crippen LogP contribution in [0.4, 0.5) is 5.69 Å². The van der Waals surface area contributed by atoms with E-state index in [0.717, 1.165) is 6.41 Å². The molecule has 1 aromatic rings. The van der Waals surface area contributed by atoms with E-state index in [4.69, 9.17) is 9.47 Å². The lowest BCUT2D eigenvalue weighted by atomic mass is 10.2. The Kier molecular flexibility index (Phi) is 5.60. The van der Waals surface area contributed by atoms with Crippen LogP contribution in [0.25, 0.3) is 0 Å². The number of anilines is 1. The van der Waals surface area contributed by atoms with Crippen molar-refractivity contribution < 1.29 is 23.9 Å². The summed E-state index contributed by atoms with van der Waals surface area (Å²) in [6.45, 7) is 4.91. The third-order valence-electron chi connectivity index (χ3n) is 4.58. The maximum absolute atomic E-state index is 12.4. The van der Waals surface area contributed by atoms with Gasteiger partial charge >= 0.3 is 0 Å². The summed E-state index contributed by atoms with van der Waals surface area (Å²) in [7, 11) is 0. The highest BCUT2D eigenvalue weighted by Crippen LogP contribution is 2.34. The second-order valence-electron chi connectivity index (χ2n) is 6.27. The summed E-state index contributed by atoms with van der Waals surface area (Å²) in [6, 6.07) is 5.34. The average molecular weight is 361 g/mol. The minimum Gasteiger partial charge on any atom is -0.486 e. The molecule has 8 heteroatoms. The number of benzene rings is 1. The van der Waals surface area contributed by atoms with Crippen molar-refractivity contribution in [3.8, 4) is 11.5 Å². The first kappa shape index (κ1) is 18.0. The van der Waals surface area contributed by atoms with E-state index in [1.54, 1.807) is 32.9 Å². The van der Waals surface area contributed by atoms with Crippen molar-refractivity contribution >= 4 is 23.9 Å². The molecular weight excluding hydrogens is 338 g/mol. The summed E-state index contributed by atoms with van der Waals surface area (Å²) in [6.07, 6.45) is 1.04. The van der Waals surface area contributed by atoms with Gasteiger partial charge in [0.05, 0.1) is 0 Å². The predicted octanol–water partition coefficient (Wildman–Crippen LogP) is 0.501. The van der Waals surface area contributed by atoms with Crippen LogP contribution in [0, 0.1) is 0 Å². The van der Waals surface area contributed by atoms with Gasteiger partial charge in [0.25, 0.3) is 0 Å². The van der Waals surface area contributed by atoms with Gasteiger partial charge in [-0.05, 0) is 12.1 Å². The first-order valence-corrected chi connectivity index (χ1v) is 8.73. The quantitative estimate of drug-likeness (QED) is 0.714. The molecule has 1 saturated heterocycles. The van der Waals surface area contributed by atoms with Gasteiger partial charge < -0.3 is 24.2 Å². The predicted molar refractivity (Wildman–Crippen MR) is 94.3 cm³/mol. The van der Waals surface area contributed by atoms with Crippen molar-refractivity contribution in [3.05, 3.63) is 18.2 Å². The SMILES string of the molecule is CC(=O)N(CCC(=O)N1CCN(C=O)CC1)c1ccc2c(c1)OCCO2. The third-order valence-corrected chi connectivity index (χ3v) is 4.58. The zero-order chi connectivity index (χ0) is 18.5. The third kappa shape index (κ3) is 4.07. The molecule has 0 aromatic heterocycles. The Hall–Kier alpha value is -2.77. The molecule has 0 unspecified atom stereocenters. The molecule has 2 heterocycles. The molecule has 0 saturated carbocycles. The van der Waals surface area contributed by atoms with Gasteiger partial charge in [-0.2, -0.15) is 0 Å². The van der Waals surface area contributed by atoms with E-state index in [2.05, 4.69) is 0 Å². The molecular formula is C18H23N3O5. The first-order chi connectivity index (χ1) is 12.6. The second-order valence-corrected chi connectivity index (χ2v) is 6.27. The Morgan fingerprint density at radius 1 is 1.12 bits per heavy atom. The van der Waals surface area contributed by atoms with Gasteiger partial charge in [-0.25, -0.2) is 0 Å². The number of hydrogen-bond acceptors (Lipinski definition) is 5. The maximum Gasteiger partial charge on any atom is 0.224 e. The van der Waals surface area contributed by atoms with E-state index in [9.17, 15) is 14.4 Å². The topological polar surface area (TPSA) is 79.4 Å². The van der Waals surface area contributed by atoms with Crippen LogP contribution in [0.5, 0.6) is 11.5 Å². The number of amides is 3. The largest absolute Gasteiger partial charge is 0.486 e. The van der Waals surface area contributed by atoms with Crippen molar-refractivity contribution in [3.63, 3.8) is 0 Å². The van der Waals surface area contributed by atoms with E-state index in [0.29, 0.717) is 63.1 Å². The number of carbonyl (C=O) groups excluding carboxylic acids is 3. The molecule has 3 amide bonds. The summed E-state index contributed by atoms with van der Waals surface area (Å²) in [4.78, 5) is 40.2. The fourth-order valence-corrected chi connectivity index (χ4v) is 3.11. The fourth-order valence-electron chi connectivity index (χ4n) is 3.11. The molecule has 2 aliphatic rings. The van der Waals surface area contributed by atoms with Crippen molar-refractivity contribution in [1.82, 2.24) is 9.80 Å². The zero-order valence-corrected chi connectivity index (χ0v) is 14.8. The van der Waals surface area contributed by atoms with Crippen LogP contribution in [0.1, 0.15) is 13.3 Å². The minimum atomic E-state index is -0.139. The summed E-state index contributed by atoms with van der Waals surface area (Å²) in [5.41, 5.74) is 0.681. The highest BCUT2D eigenvalue weighted by molar-refractivity contribution is 5.92. The average Bonchev–Trinajstić information content (AvgIpc) is 2.67. The van der Waals surface area contributed by atoms with Crippen LogP contribution >= 0.6 is 0 Å². The minimum absolute atomic E-state index is 0.0145. The van der Waals surface area contributed by atoms with Gasteiger partial charge in [-0.1, -0.05) is 0 Å². The van der Waals surface area contributed by atoms with Crippen LogP contribution < -0.4 is 14.4 Å². The van der Waals surface area contributed by atoms with E-state index in [1.807, 2.05) is 0 Å². The van der Waals surface area contributed by atoms with Gasteiger partial charge in [0.2, 0.25) is 18.2 Å². The molecule has 0 radical (unpaired) electrons. The van der Waals surface area contributed by atoms with Crippen LogP contribution in [0.2, 0.25) is 0 Å². The van der Waals surface area contributed by atoms with E-state index in [1.165, 1.54) is 6.92 Å². The number of nitrogens with zero attached hydrogens (tertiary/aromatic N) is 3. The Morgan fingerprint density at radius 2 is 1.81 bits per heavy atom. The molecule has 0 bridgehead atoms. The van der Waals surface area contributed by atoms with Crippen molar-refractivity contribution in [2.45, 2.75) is 13.3 Å². The van der Waals surface area contributed by atoms with E-state index in [-0.39, 0.29) is 18.2 Å². The Morgan fingerprint density at radius 3 is 2.46 bits per heavy atom. The number of rotatable bonds is 5. The maximum atomic E-state index is 12.4. The Labute approximate surface area is 152 Å². The molecule has 0 atom stereocenters. The molecule has 2 aliphatic heterocycles. The molecule has 26 heavy (non-hydrogen) atoms. The number of fused-ring (bicyclic) bond motifs is 1. The van der Waals surface area contributed by atoms with Gasteiger partial charge in [-0.3, -0.25) is 14.4 Å². The monoisotopic (exact) mass is 361 g/mol. The van der Waals surface area contributed by atoms with Gasteiger partial charge in [0.1, 0.15) is 13.2 Å². The van der Waals surface area contributed by atoms with E-state index >= 15 is 0 Å². The second kappa shape index (κ2) is 8.07. The van der Waals surface area contributed by atoms with Crippen molar-refractivity contribution in [1.29, 1.82) is 0 Å². The number of hydrogen-bond donors (Lipinski definition) is 0. The van der Waals surface area contributed by atoms with Gasteiger partial charge in [0.15, 0.2) is 11.5 Å². The molecule has 1 aromatic carbocycles. The first-order valence-electron chi connectivity index (χ1n) is 8.73. The molecule has 3 rings (SSSR count). The zero-order valence-electron chi connectivity index (χ0n) is 14.8. The standard InChI is InChI=1S/C18H23N3O5/c1-14(23)21(15-2-3-16-17(12-15)26-11-10-25-16)5-4-18(24)20-8-6-19(13-22)7-9-20/h2-3,12-13H,4-11H2,1H3. The Balaban J connectivity index is 1.61. The Bertz CT molecular complexity index is 685. The molecule has 0 N–H and O–H groups in total. The highest BCUT2D eigenvalue weighted by atomic mass is 16.6. The van der Waals surface area contributed by atoms with Crippen LogP contribution in [0.3, 0.4) is 0 Å². The number of ether oxygens (including phenoxy) is 2. The van der Waals surface area contributed by atoms with Gasteiger partial charge in [-0.15, -0.1) is 0 Å². The summed E-state index contributed by atoms with van der Waals surface area (Å²) in [5, 5.41) is 0. The number of carbonyl (C=O) groups is 3. The number of piperazine rings is 1. The van der Waals surface area contributed by atoms with Gasteiger partial charge in [0, 0.05) is 57.8 Å². The fraction of sp³-hybridized carbons (Fsp3) is 0.500. The smallest absolute Gasteiger partial charge is 0.224 e. The summed E-state index contributed by atoms with van der Waals surface area (Å²) in [5.74, 6) is 1.11. The lowest BCUT2D eigenvalue weighted by Crippen LogP contribution is -2.48. The van der Waals surface area contributed by atoms with E-state index < -0.39 is 0 Å². The summed E-state index contributed by atoms with van der Waals surface area (Å²) >= 11 is 0. The molecule has 0 spiro atoms. The van der Waals surface area contributed by atoms with Crippen LogP contribution in [-0.2, 0) is 14.4 Å². The van der Waals surface area contributed by atoms with Crippen LogP contribution in [-0.4, -0.2) is 74.0 Å². The lowest BCUT2D eigenvalue weighted by Gasteiger charge is -2.33. The van der Waals surface area contributed by atoms with Crippen molar-refractivity contribution in [2.75, 3.05) is 50.8 Å². The van der Waals surface area contributed by atoms with Crippen molar-refractivity contribution in [2.24, 2.45) is 0 Å². The lowest BCUT2D eigenvalue weighted by molar-refractivity contribution is -0.135. The van der Waals surface area contributed by atoms with Crippen LogP contribution in [0.15, 0.2) is 18.2 Å². The molecule has 0 aliphatic carbocycles. The molecule has 1 fully saturated rings. The normalized spacial score (nSPS) is 16.2. The molecule has 140 valence electrons. The highest BCUT2D eigenvalue weighted by Gasteiger charge is 2.22.